The number of hydrazine groups is 1. The summed E-state index contributed by atoms with van der Waals surface area (Å²) in [6, 6.07) is 12.4. The summed E-state index contributed by atoms with van der Waals surface area (Å²) in [5, 5.41) is 0. The molecule has 3 aromatic rings. The molecule has 10 heteroatoms. The van der Waals surface area contributed by atoms with E-state index in [4.69, 9.17) is 14.2 Å². The molecule has 0 saturated carbocycles. The number of ether oxygens (including phenoxy) is 3. The zero-order chi connectivity index (χ0) is 21.1. The Hall–Kier alpha value is -4.08. The smallest absolute Gasteiger partial charge is 0.359 e. The number of hydrogen-bond donors (Lipinski definition) is 2. The molecule has 0 bridgehead atoms. The van der Waals surface area contributed by atoms with Crippen LogP contribution in [0.15, 0.2) is 48.7 Å². The number of rotatable bonds is 4. The Kier molecular flexibility index (Phi) is 5.21. The van der Waals surface area contributed by atoms with Crippen molar-refractivity contribution in [3.05, 3.63) is 60.0 Å². The summed E-state index contributed by atoms with van der Waals surface area (Å²) < 4.78 is 17.7. The molecule has 0 saturated heterocycles. The van der Waals surface area contributed by atoms with Crippen LogP contribution in [0.4, 0.5) is 0 Å². The van der Waals surface area contributed by atoms with Gasteiger partial charge in [0.2, 0.25) is 6.10 Å². The maximum absolute atomic E-state index is 12.2. The summed E-state index contributed by atoms with van der Waals surface area (Å²) in [6.45, 7) is 1.29. The molecule has 30 heavy (non-hydrogen) atoms. The van der Waals surface area contributed by atoms with Crippen molar-refractivity contribution in [2.45, 2.75) is 13.0 Å². The van der Waals surface area contributed by atoms with E-state index in [0.717, 1.165) is 5.69 Å². The average molecular weight is 410 g/mol. The molecule has 1 atom stereocenters. The van der Waals surface area contributed by atoms with Crippen molar-refractivity contribution in [3.63, 3.8) is 0 Å². The highest BCUT2D eigenvalue weighted by atomic mass is 16.6. The number of aromatic nitrogens is 2. The Balaban J connectivity index is 1.25. The minimum absolute atomic E-state index is 0.000997. The number of nitrogens with zero attached hydrogens (tertiary/aromatic N) is 2. The highest BCUT2D eigenvalue weighted by Crippen LogP contribution is 2.30. The molecule has 154 valence electrons. The second-order valence-electron chi connectivity index (χ2n) is 6.50. The molecule has 1 unspecified atom stereocenters. The fourth-order valence-corrected chi connectivity index (χ4v) is 2.85. The van der Waals surface area contributed by atoms with Crippen molar-refractivity contribution in [2.24, 2.45) is 0 Å². The number of nitrogens with one attached hydrogen (secondary N) is 2. The van der Waals surface area contributed by atoms with Gasteiger partial charge in [-0.25, -0.2) is 9.78 Å². The van der Waals surface area contributed by atoms with Crippen LogP contribution in [-0.4, -0.2) is 46.5 Å². The zero-order valence-electron chi connectivity index (χ0n) is 16.0. The van der Waals surface area contributed by atoms with Crippen LogP contribution in [0.3, 0.4) is 0 Å². The van der Waals surface area contributed by atoms with Crippen molar-refractivity contribution in [1.82, 2.24) is 20.2 Å². The minimum Gasteiger partial charge on any atom is -0.485 e. The molecular formula is C20H18N4O6. The van der Waals surface area contributed by atoms with Gasteiger partial charge in [0.25, 0.3) is 11.8 Å². The van der Waals surface area contributed by atoms with Gasteiger partial charge in [0, 0.05) is 11.9 Å². The molecule has 1 aliphatic heterocycles. The fourth-order valence-electron chi connectivity index (χ4n) is 2.85. The van der Waals surface area contributed by atoms with Gasteiger partial charge in [0.05, 0.1) is 0 Å². The Morgan fingerprint density at radius 1 is 1.13 bits per heavy atom. The summed E-state index contributed by atoms with van der Waals surface area (Å²) >= 11 is 0. The first-order valence-corrected chi connectivity index (χ1v) is 9.10. The Morgan fingerprint density at radius 3 is 2.73 bits per heavy atom. The highest BCUT2D eigenvalue weighted by Gasteiger charge is 2.27. The van der Waals surface area contributed by atoms with Crippen molar-refractivity contribution < 1.29 is 28.6 Å². The summed E-state index contributed by atoms with van der Waals surface area (Å²) in [7, 11) is 0. The average Bonchev–Trinajstić information content (AvgIpc) is 3.21. The number of pyridine rings is 1. The van der Waals surface area contributed by atoms with E-state index in [-0.39, 0.29) is 12.3 Å². The predicted octanol–water partition coefficient (Wildman–Crippen LogP) is 0.787. The maximum atomic E-state index is 12.2. The third-order valence-electron chi connectivity index (χ3n) is 4.37. The van der Waals surface area contributed by atoms with Gasteiger partial charge < -0.3 is 18.6 Å². The monoisotopic (exact) mass is 410 g/mol. The third kappa shape index (κ3) is 4.02. The van der Waals surface area contributed by atoms with E-state index in [1.807, 2.05) is 19.1 Å². The number of aryl methyl sites for hydroxylation is 1. The summed E-state index contributed by atoms with van der Waals surface area (Å²) in [6.07, 6.45) is 0.606. The van der Waals surface area contributed by atoms with Crippen molar-refractivity contribution >= 4 is 23.4 Å². The fraction of sp³-hybridized carbons (Fsp3) is 0.200. The number of imidazole rings is 1. The predicted molar refractivity (Wildman–Crippen MR) is 103 cm³/mol. The minimum atomic E-state index is -0.927. The molecule has 2 aromatic heterocycles. The first kappa shape index (κ1) is 19.2. The molecule has 1 aromatic carbocycles. The number of hydrogen-bond acceptors (Lipinski definition) is 7. The van der Waals surface area contributed by atoms with Gasteiger partial charge in [0.15, 0.2) is 23.8 Å². The van der Waals surface area contributed by atoms with Crippen LogP contribution in [-0.2, 0) is 14.3 Å². The second-order valence-corrected chi connectivity index (χ2v) is 6.50. The number of amides is 2. The number of carbonyl (C=O) groups is 3. The number of carbonyl (C=O) groups excluding carboxylic acids is 3. The largest absolute Gasteiger partial charge is 0.485 e. The number of fused-ring (bicyclic) bond motifs is 2. The molecule has 0 fully saturated rings. The first-order chi connectivity index (χ1) is 14.5. The summed E-state index contributed by atoms with van der Waals surface area (Å²) in [5.74, 6) is -1.08. The van der Waals surface area contributed by atoms with E-state index in [1.54, 1.807) is 34.7 Å². The van der Waals surface area contributed by atoms with Crippen molar-refractivity contribution in [1.29, 1.82) is 0 Å². The molecule has 1 aliphatic rings. The Bertz CT molecular complexity index is 1130. The molecule has 0 aliphatic carbocycles. The van der Waals surface area contributed by atoms with Gasteiger partial charge in [0.1, 0.15) is 12.3 Å². The van der Waals surface area contributed by atoms with Crippen LogP contribution in [0.25, 0.3) is 5.65 Å². The first-order valence-electron chi connectivity index (χ1n) is 9.10. The van der Waals surface area contributed by atoms with Crippen LogP contribution in [0.5, 0.6) is 11.5 Å². The van der Waals surface area contributed by atoms with E-state index >= 15 is 0 Å². The Labute approximate surface area is 170 Å². The number of benzene rings is 1. The van der Waals surface area contributed by atoms with Crippen molar-refractivity contribution in [3.8, 4) is 11.5 Å². The van der Waals surface area contributed by atoms with Crippen molar-refractivity contribution in [2.75, 3.05) is 13.2 Å². The van der Waals surface area contributed by atoms with E-state index < -0.39 is 30.5 Å². The SMILES string of the molecule is Cc1cccc2nc(C(=O)OCC(=O)NNC(=O)C3COc4ccccc4O3)cn12. The Morgan fingerprint density at radius 2 is 1.93 bits per heavy atom. The highest BCUT2D eigenvalue weighted by molar-refractivity contribution is 5.91. The van der Waals surface area contributed by atoms with Gasteiger partial charge in [-0.2, -0.15) is 0 Å². The summed E-state index contributed by atoms with van der Waals surface area (Å²) in [5.41, 5.74) is 5.96. The van der Waals surface area contributed by atoms with Gasteiger partial charge in [-0.05, 0) is 31.2 Å². The van der Waals surface area contributed by atoms with Crippen LogP contribution >= 0.6 is 0 Å². The molecular weight excluding hydrogens is 392 g/mol. The molecule has 3 heterocycles. The normalized spacial score (nSPS) is 14.8. The molecule has 0 radical (unpaired) electrons. The van der Waals surface area contributed by atoms with E-state index in [2.05, 4.69) is 15.8 Å². The molecule has 2 amide bonds. The molecule has 4 rings (SSSR count). The number of para-hydroxylation sites is 2. The van der Waals surface area contributed by atoms with Crippen LogP contribution in [0, 0.1) is 6.92 Å². The van der Waals surface area contributed by atoms with Gasteiger partial charge in [-0.3, -0.25) is 20.4 Å². The van der Waals surface area contributed by atoms with Crippen LogP contribution in [0.2, 0.25) is 0 Å². The van der Waals surface area contributed by atoms with Crippen LogP contribution < -0.4 is 20.3 Å². The van der Waals surface area contributed by atoms with Gasteiger partial charge >= 0.3 is 5.97 Å². The maximum Gasteiger partial charge on any atom is 0.359 e. The molecule has 2 N–H and O–H groups in total. The van der Waals surface area contributed by atoms with Crippen LogP contribution in [0.1, 0.15) is 16.2 Å². The van der Waals surface area contributed by atoms with Gasteiger partial charge in [-0.15, -0.1) is 0 Å². The van der Waals surface area contributed by atoms with E-state index in [0.29, 0.717) is 17.1 Å². The quantitative estimate of drug-likeness (QED) is 0.482. The lowest BCUT2D eigenvalue weighted by molar-refractivity contribution is -0.135. The third-order valence-corrected chi connectivity index (χ3v) is 4.37. The topological polar surface area (TPSA) is 120 Å². The van der Waals surface area contributed by atoms with Gasteiger partial charge in [-0.1, -0.05) is 18.2 Å². The second kappa shape index (κ2) is 8.11. The number of esters is 1. The lowest BCUT2D eigenvalue weighted by Crippen LogP contribution is -2.51. The van der Waals surface area contributed by atoms with E-state index in [9.17, 15) is 14.4 Å². The zero-order valence-corrected chi connectivity index (χ0v) is 16.0. The lowest BCUT2D eigenvalue weighted by Gasteiger charge is -2.25. The van der Waals surface area contributed by atoms with E-state index in [1.165, 1.54) is 6.20 Å². The lowest BCUT2D eigenvalue weighted by atomic mass is 10.2. The molecule has 10 nitrogen and oxygen atoms in total. The standard InChI is InChI=1S/C20H18N4O6/c1-12-5-4-8-17-21-13(9-24(12)17)20(27)29-11-18(25)22-23-19(26)16-10-28-14-6-2-3-7-15(14)30-16/h2-9,16H,10-11H2,1H3,(H,22,25)(H,23,26). The molecule has 0 spiro atoms. The summed E-state index contributed by atoms with van der Waals surface area (Å²) in [4.78, 5) is 40.3.